The summed E-state index contributed by atoms with van der Waals surface area (Å²) >= 11 is 7.41. The van der Waals surface area contributed by atoms with E-state index in [9.17, 15) is 5.11 Å². The second-order valence-corrected chi connectivity index (χ2v) is 5.21. The van der Waals surface area contributed by atoms with Crippen molar-refractivity contribution in [1.29, 1.82) is 0 Å². The largest absolute Gasteiger partial charge is 0.503 e. The van der Waals surface area contributed by atoms with E-state index in [2.05, 4.69) is 15.5 Å². The summed E-state index contributed by atoms with van der Waals surface area (Å²) in [5.41, 5.74) is 4.49. The molecule has 2 rings (SSSR count). The normalized spacial score (nSPS) is 10.9. The van der Waals surface area contributed by atoms with Crippen molar-refractivity contribution in [2.24, 2.45) is 5.10 Å². The second kappa shape index (κ2) is 6.58. The van der Waals surface area contributed by atoms with Gasteiger partial charge in [-0.05, 0) is 31.5 Å². The highest BCUT2D eigenvalue weighted by Gasteiger charge is 2.08. The van der Waals surface area contributed by atoms with Gasteiger partial charge in [-0.1, -0.05) is 11.6 Å². The van der Waals surface area contributed by atoms with Gasteiger partial charge >= 0.3 is 0 Å². The summed E-state index contributed by atoms with van der Waals surface area (Å²) in [4.78, 5) is 4.22. The molecule has 1 aromatic heterocycles. The lowest BCUT2D eigenvalue weighted by Crippen LogP contribution is -1.95. The summed E-state index contributed by atoms with van der Waals surface area (Å²) < 4.78 is 5.30. The first-order valence-electron chi connectivity index (χ1n) is 5.96. The fraction of sp³-hybridized carbons (Fsp3) is 0.231. The molecule has 2 aromatic rings. The number of nitrogens with zero attached hydrogens (tertiary/aromatic N) is 2. The Labute approximate surface area is 125 Å². The number of rotatable bonds is 5. The first-order chi connectivity index (χ1) is 9.60. The Bertz CT molecular complexity index is 628. The van der Waals surface area contributed by atoms with E-state index in [0.717, 1.165) is 11.3 Å². The van der Waals surface area contributed by atoms with Gasteiger partial charge in [0.1, 0.15) is 0 Å². The van der Waals surface area contributed by atoms with Crippen LogP contribution in [0.25, 0.3) is 0 Å². The number of aromatic hydroxyl groups is 1. The van der Waals surface area contributed by atoms with Crippen LogP contribution in [0.1, 0.15) is 18.2 Å². The number of aromatic nitrogens is 1. The Morgan fingerprint density at radius 2 is 2.35 bits per heavy atom. The van der Waals surface area contributed by atoms with Gasteiger partial charge in [-0.2, -0.15) is 5.10 Å². The fourth-order valence-corrected chi connectivity index (χ4v) is 2.36. The molecule has 0 aliphatic carbocycles. The van der Waals surface area contributed by atoms with E-state index in [0.29, 0.717) is 17.5 Å². The third-order valence-electron chi connectivity index (χ3n) is 2.34. The Morgan fingerprint density at radius 1 is 1.55 bits per heavy atom. The average molecular weight is 312 g/mol. The van der Waals surface area contributed by atoms with Crippen molar-refractivity contribution < 1.29 is 9.84 Å². The molecule has 0 unspecified atom stereocenters. The van der Waals surface area contributed by atoms with E-state index < -0.39 is 0 Å². The van der Waals surface area contributed by atoms with Gasteiger partial charge in [-0.25, -0.2) is 4.98 Å². The molecule has 1 aromatic carbocycles. The Morgan fingerprint density at radius 3 is 3.00 bits per heavy atom. The van der Waals surface area contributed by atoms with Crippen LogP contribution in [0.2, 0.25) is 5.02 Å². The van der Waals surface area contributed by atoms with Gasteiger partial charge in [0.05, 0.1) is 23.5 Å². The van der Waals surface area contributed by atoms with Crippen LogP contribution in [0.3, 0.4) is 0 Å². The van der Waals surface area contributed by atoms with E-state index in [1.807, 2.05) is 19.2 Å². The van der Waals surface area contributed by atoms with Gasteiger partial charge < -0.3 is 9.84 Å². The van der Waals surface area contributed by atoms with Crippen molar-refractivity contribution >= 4 is 34.3 Å². The molecule has 0 saturated heterocycles. The van der Waals surface area contributed by atoms with Crippen molar-refractivity contribution in [3.63, 3.8) is 0 Å². The van der Waals surface area contributed by atoms with Crippen molar-refractivity contribution in [1.82, 2.24) is 4.98 Å². The summed E-state index contributed by atoms with van der Waals surface area (Å²) in [7, 11) is 0. The highest BCUT2D eigenvalue weighted by Crippen LogP contribution is 2.34. The molecule has 0 amide bonds. The molecule has 7 heteroatoms. The standard InChI is InChI=1S/C13H14ClN3O2S/c1-3-19-11-5-9(4-10(14)12(11)18)6-15-17-13-16-8(2)7-20-13/h4-7,18H,3H2,1-2H3,(H,16,17)/b15-6-. The van der Waals surface area contributed by atoms with Gasteiger partial charge in [0.15, 0.2) is 11.5 Å². The maximum atomic E-state index is 9.73. The number of hydrogen-bond acceptors (Lipinski definition) is 6. The molecule has 0 radical (unpaired) electrons. The molecule has 0 aliphatic rings. The Kier molecular flexibility index (Phi) is 4.81. The number of hydrazone groups is 1. The van der Waals surface area contributed by atoms with E-state index >= 15 is 0 Å². The molecule has 20 heavy (non-hydrogen) atoms. The van der Waals surface area contributed by atoms with E-state index in [1.54, 1.807) is 18.3 Å². The van der Waals surface area contributed by atoms with Crippen molar-refractivity contribution in [2.75, 3.05) is 12.0 Å². The van der Waals surface area contributed by atoms with Crippen LogP contribution in [0.4, 0.5) is 5.13 Å². The van der Waals surface area contributed by atoms with Crippen molar-refractivity contribution in [3.05, 3.63) is 33.8 Å². The van der Waals surface area contributed by atoms with E-state index in [-0.39, 0.29) is 10.8 Å². The monoisotopic (exact) mass is 311 g/mol. The van der Waals surface area contributed by atoms with Crippen LogP contribution in [-0.2, 0) is 0 Å². The van der Waals surface area contributed by atoms with Crippen LogP contribution < -0.4 is 10.2 Å². The summed E-state index contributed by atoms with van der Waals surface area (Å²) in [6, 6.07) is 3.28. The molecule has 1 heterocycles. The maximum Gasteiger partial charge on any atom is 0.203 e. The second-order valence-electron chi connectivity index (χ2n) is 3.95. The molecular weight excluding hydrogens is 298 g/mol. The third-order valence-corrected chi connectivity index (χ3v) is 3.50. The van der Waals surface area contributed by atoms with Gasteiger partial charge in [0, 0.05) is 5.38 Å². The summed E-state index contributed by atoms with van der Waals surface area (Å²) in [6.45, 7) is 4.20. The number of halogens is 1. The number of aryl methyl sites for hydroxylation is 1. The minimum absolute atomic E-state index is 0.0609. The first kappa shape index (κ1) is 14.6. The summed E-state index contributed by atoms with van der Waals surface area (Å²) in [5.74, 6) is 0.278. The van der Waals surface area contributed by atoms with Crippen LogP contribution in [0.15, 0.2) is 22.6 Å². The zero-order valence-electron chi connectivity index (χ0n) is 11.1. The first-order valence-corrected chi connectivity index (χ1v) is 7.22. The molecule has 0 aliphatic heterocycles. The lowest BCUT2D eigenvalue weighted by Gasteiger charge is -2.08. The predicted octanol–water partition coefficient (Wildman–Crippen LogP) is 3.66. The minimum atomic E-state index is -0.0609. The van der Waals surface area contributed by atoms with Crippen molar-refractivity contribution in [3.8, 4) is 11.5 Å². The molecule has 106 valence electrons. The summed E-state index contributed by atoms with van der Waals surface area (Å²) in [6.07, 6.45) is 1.59. The number of phenolic OH excluding ortho intramolecular Hbond substituents is 1. The third kappa shape index (κ3) is 3.61. The van der Waals surface area contributed by atoms with Crippen LogP contribution >= 0.6 is 22.9 Å². The number of anilines is 1. The Balaban J connectivity index is 2.12. The number of ether oxygens (including phenoxy) is 1. The Hall–Kier alpha value is -1.79. The number of thiazole rings is 1. The van der Waals surface area contributed by atoms with Gasteiger partial charge in [0.2, 0.25) is 5.13 Å². The van der Waals surface area contributed by atoms with Gasteiger partial charge in [0.25, 0.3) is 0 Å². The topological polar surface area (TPSA) is 66.7 Å². The minimum Gasteiger partial charge on any atom is -0.503 e. The van der Waals surface area contributed by atoms with E-state index in [1.165, 1.54) is 11.3 Å². The molecule has 2 N–H and O–H groups in total. The van der Waals surface area contributed by atoms with Gasteiger partial charge in [-0.15, -0.1) is 11.3 Å². The quantitative estimate of drug-likeness (QED) is 0.653. The van der Waals surface area contributed by atoms with Crippen LogP contribution in [0, 0.1) is 6.92 Å². The fourth-order valence-electron chi connectivity index (χ4n) is 1.50. The maximum absolute atomic E-state index is 9.73. The molecular formula is C13H14ClN3O2S. The molecule has 0 spiro atoms. The predicted molar refractivity (Wildman–Crippen MR) is 82.4 cm³/mol. The summed E-state index contributed by atoms with van der Waals surface area (Å²) in [5, 5.41) is 16.7. The molecule has 0 bridgehead atoms. The highest BCUT2D eigenvalue weighted by molar-refractivity contribution is 7.13. The smallest absolute Gasteiger partial charge is 0.203 e. The molecule has 0 atom stereocenters. The zero-order chi connectivity index (χ0) is 14.5. The molecule has 0 saturated carbocycles. The lowest BCUT2D eigenvalue weighted by atomic mass is 10.2. The number of benzene rings is 1. The van der Waals surface area contributed by atoms with Crippen LogP contribution in [-0.4, -0.2) is 22.9 Å². The number of phenols is 1. The molecule has 0 fully saturated rings. The SMILES string of the molecule is CCOc1cc(/C=N\Nc2nc(C)cs2)cc(Cl)c1O. The van der Waals surface area contributed by atoms with Crippen molar-refractivity contribution in [2.45, 2.75) is 13.8 Å². The number of nitrogens with one attached hydrogen (secondary N) is 1. The average Bonchev–Trinajstić information content (AvgIpc) is 2.81. The zero-order valence-corrected chi connectivity index (χ0v) is 12.6. The van der Waals surface area contributed by atoms with Crippen LogP contribution in [0.5, 0.6) is 11.5 Å². The van der Waals surface area contributed by atoms with E-state index in [4.69, 9.17) is 16.3 Å². The highest BCUT2D eigenvalue weighted by atomic mass is 35.5. The van der Waals surface area contributed by atoms with Gasteiger partial charge in [-0.3, -0.25) is 5.43 Å². The number of hydrogen-bond donors (Lipinski definition) is 2. The lowest BCUT2D eigenvalue weighted by molar-refractivity contribution is 0.318. The molecule has 5 nitrogen and oxygen atoms in total.